The molecule has 26 heavy (non-hydrogen) atoms. The molecule has 0 aliphatic rings. The molecule has 0 aliphatic carbocycles. The predicted molar refractivity (Wildman–Crippen MR) is 99.7 cm³/mol. The molecule has 0 saturated carbocycles. The number of nitrogens with zero attached hydrogens (tertiary/aromatic N) is 1. The number of carbonyl (C=O) groups is 3. The molecular formula is C20H22FNO3S. The Morgan fingerprint density at radius 1 is 1.00 bits per heavy atom. The summed E-state index contributed by atoms with van der Waals surface area (Å²) in [6, 6.07) is 9.94. The summed E-state index contributed by atoms with van der Waals surface area (Å²) < 4.78 is 13.6. The Balaban J connectivity index is 1.73. The molecule has 0 saturated heterocycles. The molecule has 0 bridgehead atoms. The molecule has 0 fully saturated rings. The Bertz CT molecular complexity index is 800. The highest BCUT2D eigenvalue weighted by atomic mass is 32.1. The molecule has 1 amide bonds. The quantitative estimate of drug-likeness (QED) is 0.618. The van der Waals surface area contributed by atoms with Gasteiger partial charge in [-0.25, -0.2) is 4.39 Å². The van der Waals surface area contributed by atoms with E-state index in [-0.39, 0.29) is 55.5 Å². The SMILES string of the molecule is Cc1ccc(C(=O)CCC(=O)CCC(=O)N(C)Cc2ccccc2F)s1. The second kappa shape index (κ2) is 9.38. The Kier molecular flexibility index (Phi) is 7.21. The minimum Gasteiger partial charge on any atom is -0.341 e. The predicted octanol–water partition coefficient (Wildman–Crippen LogP) is 4.17. The molecule has 0 N–H and O–H groups in total. The molecule has 0 spiro atoms. The maximum Gasteiger partial charge on any atom is 0.223 e. The molecule has 6 heteroatoms. The van der Waals surface area contributed by atoms with Gasteiger partial charge in [-0.05, 0) is 25.1 Å². The van der Waals surface area contributed by atoms with Crippen molar-refractivity contribution < 1.29 is 18.8 Å². The van der Waals surface area contributed by atoms with E-state index in [1.54, 1.807) is 31.3 Å². The molecule has 1 aromatic carbocycles. The van der Waals surface area contributed by atoms with Crippen LogP contribution >= 0.6 is 11.3 Å². The molecule has 0 aliphatic heterocycles. The number of benzene rings is 1. The number of aryl methyl sites for hydroxylation is 1. The third-order valence-electron chi connectivity index (χ3n) is 4.05. The van der Waals surface area contributed by atoms with Crippen LogP contribution in [0.1, 0.15) is 45.8 Å². The summed E-state index contributed by atoms with van der Waals surface area (Å²) in [5.41, 5.74) is 0.437. The number of rotatable bonds is 9. The highest BCUT2D eigenvalue weighted by molar-refractivity contribution is 7.14. The number of amides is 1. The lowest BCUT2D eigenvalue weighted by molar-refractivity contribution is -0.132. The van der Waals surface area contributed by atoms with E-state index in [2.05, 4.69) is 0 Å². The topological polar surface area (TPSA) is 54.5 Å². The second-order valence-corrected chi connectivity index (χ2v) is 7.50. The van der Waals surface area contributed by atoms with E-state index in [1.807, 2.05) is 13.0 Å². The standard InChI is InChI=1S/C20H22FNO3S/c1-14-7-11-19(26-14)18(24)10-8-16(23)9-12-20(25)22(2)13-15-5-3-4-6-17(15)21/h3-7,11H,8-10,12-13H2,1-2H3. The minimum atomic E-state index is -0.356. The number of halogens is 1. The van der Waals surface area contributed by atoms with Crippen molar-refractivity contribution in [2.45, 2.75) is 39.2 Å². The maximum atomic E-state index is 13.6. The van der Waals surface area contributed by atoms with Crippen molar-refractivity contribution in [3.05, 3.63) is 57.5 Å². The molecule has 4 nitrogen and oxygen atoms in total. The van der Waals surface area contributed by atoms with Gasteiger partial charge in [0.25, 0.3) is 0 Å². The number of ketones is 2. The van der Waals surface area contributed by atoms with E-state index >= 15 is 0 Å². The Morgan fingerprint density at radius 3 is 2.35 bits per heavy atom. The first-order chi connectivity index (χ1) is 12.4. The summed E-state index contributed by atoms with van der Waals surface area (Å²) in [5.74, 6) is -0.730. The van der Waals surface area contributed by atoms with Gasteiger partial charge in [-0.1, -0.05) is 18.2 Å². The fourth-order valence-electron chi connectivity index (χ4n) is 2.49. The second-order valence-electron chi connectivity index (χ2n) is 6.21. The van der Waals surface area contributed by atoms with Crippen LogP contribution in [0.2, 0.25) is 0 Å². The average molecular weight is 375 g/mol. The summed E-state index contributed by atoms with van der Waals surface area (Å²) >= 11 is 1.42. The minimum absolute atomic E-state index is 0.0422. The van der Waals surface area contributed by atoms with E-state index in [9.17, 15) is 18.8 Å². The summed E-state index contributed by atoms with van der Waals surface area (Å²) in [6.45, 7) is 2.09. The van der Waals surface area contributed by atoms with Gasteiger partial charge in [0.1, 0.15) is 11.6 Å². The van der Waals surface area contributed by atoms with Crippen molar-refractivity contribution in [1.82, 2.24) is 4.90 Å². The van der Waals surface area contributed by atoms with E-state index in [4.69, 9.17) is 0 Å². The zero-order valence-corrected chi connectivity index (χ0v) is 15.8. The summed E-state index contributed by atoms with van der Waals surface area (Å²) in [5, 5.41) is 0. The number of Topliss-reactive ketones (excluding diaryl/α,β-unsaturated/α-hetero) is 2. The lowest BCUT2D eigenvalue weighted by Crippen LogP contribution is -2.27. The fourth-order valence-corrected chi connectivity index (χ4v) is 3.33. The summed E-state index contributed by atoms with van der Waals surface area (Å²) in [4.78, 5) is 39.2. The van der Waals surface area contributed by atoms with Crippen LogP contribution in [0.5, 0.6) is 0 Å². The molecule has 0 radical (unpaired) electrons. The molecule has 1 aromatic heterocycles. The van der Waals surface area contributed by atoms with Gasteiger partial charge in [0.05, 0.1) is 4.88 Å². The summed E-state index contributed by atoms with van der Waals surface area (Å²) in [6.07, 6.45) is 0.464. The van der Waals surface area contributed by atoms with Gasteiger partial charge in [0, 0.05) is 49.7 Å². The van der Waals surface area contributed by atoms with Crippen molar-refractivity contribution in [1.29, 1.82) is 0 Å². The van der Waals surface area contributed by atoms with Gasteiger partial charge in [-0.15, -0.1) is 11.3 Å². The van der Waals surface area contributed by atoms with Crippen LogP contribution in [-0.2, 0) is 16.1 Å². The van der Waals surface area contributed by atoms with Crippen molar-refractivity contribution in [3.63, 3.8) is 0 Å². The van der Waals surface area contributed by atoms with Crippen molar-refractivity contribution in [2.24, 2.45) is 0 Å². The monoisotopic (exact) mass is 375 g/mol. The van der Waals surface area contributed by atoms with E-state index in [0.29, 0.717) is 10.4 Å². The van der Waals surface area contributed by atoms with Crippen molar-refractivity contribution >= 4 is 28.8 Å². The smallest absolute Gasteiger partial charge is 0.223 e. The maximum absolute atomic E-state index is 13.6. The van der Waals surface area contributed by atoms with Gasteiger partial charge in [-0.2, -0.15) is 0 Å². The molecule has 138 valence electrons. The highest BCUT2D eigenvalue weighted by Gasteiger charge is 2.15. The lowest BCUT2D eigenvalue weighted by Gasteiger charge is -2.17. The Morgan fingerprint density at radius 2 is 1.69 bits per heavy atom. The fraction of sp³-hybridized carbons (Fsp3) is 0.350. The Hall–Kier alpha value is -2.34. The largest absolute Gasteiger partial charge is 0.341 e. The van der Waals surface area contributed by atoms with Crippen LogP contribution in [0.15, 0.2) is 36.4 Å². The molecule has 2 rings (SSSR count). The summed E-state index contributed by atoms with van der Waals surface area (Å²) in [7, 11) is 1.59. The van der Waals surface area contributed by atoms with Crippen LogP contribution in [-0.4, -0.2) is 29.4 Å². The zero-order valence-electron chi connectivity index (χ0n) is 15.0. The molecule has 0 atom stereocenters. The van der Waals surface area contributed by atoms with Gasteiger partial charge in [0.15, 0.2) is 5.78 Å². The number of hydrogen-bond acceptors (Lipinski definition) is 4. The number of hydrogen-bond donors (Lipinski definition) is 0. The first-order valence-electron chi connectivity index (χ1n) is 8.45. The van der Waals surface area contributed by atoms with E-state index < -0.39 is 0 Å². The van der Waals surface area contributed by atoms with Crippen molar-refractivity contribution in [3.8, 4) is 0 Å². The number of carbonyl (C=O) groups excluding carboxylic acids is 3. The van der Waals surface area contributed by atoms with Gasteiger partial charge >= 0.3 is 0 Å². The lowest BCUT2D eigenvalue weighted by atomic mass is 10.1. The van der Waals surface area contributed by atoms with Gasteiger partial charge in [-0.3, -0.25) is 14.4 Å². The zero-order chi connectivity index (χ0) is 19.1. The van der Waals surface area contributed by atoms with E-state index in [0.717, 1.165) is 4.88 Å². The Labute approximate surface area is 156 Å². The van der Waals surface area contributed by atoms with E-state index in [1.165, 1.54) is 22.3 Å². The van der Waals surface area contributed by atoms with Crippen LogP contribution in [0, 0.1) is 12.7 Å². The molecule has 0 unspecified atom stereocenters. The average Bonchev–Trinajstić information content (AvgIpc) is 3.06. The van der Waals surface area contributed by atoms with Crippen LogP contribution < -0.4 is 0 Å². The third-order valence-corrected chi connectivity index (χ3v) is 5.10. The molecule has 2 aromatic rings. The first kappa shape index (κ1) is 20.0. The molecular weight excluding hydrogens is 353 g/mol. The van der Waals surface area contributed by atoms with Crippen LogP contribution in [0.25, 0.3) is 0 Å². The van der Waals surface area contributed by atoms with Gasteiger partial charge in [0.2, 0.25) is 5.91 Å². The normalized spacial score (nSPS) is 10.6. The highest BCUT2D eigenvalue weighted by Crippen LogP contribution is 2.18. The van der Waals surface area contributed by atoms with Crippen LogP contribution in [0.4, 0.5) is 4.39 Å². The third kappa shape index (κ3) is 5.88. The number of thiophene rings is 1. The van der Waals surface area contributed by atoms with Crippen LogP contribution in [0.3, 0.4) is 0 Å². The molecule has 1 heterocycles. The van der Waals surface area contributed by atoms with Gasteiger partial charge < -0.3 is 4.90 Å². The van der Waals surface area contributed by atoms with Crippen molar-refractivity contribution in [2.75, 3.05) is 7.05 Å². The first-order valence-corrected chi connectivity index (χ1v) is 9.27.